The van der Waals surface area contributed by atoms with E-state index in [-0.39, 0.29) is 51.7 Å². The van der Waals surface area contributed by atoms with Gasteiger partial charge in [-0.25, -0.2) is 9.78 Å². The number of fused-ring (bicyclic) bond motifs is 1. The normalized spacial score (nSPS) is 16.7. The lowest BCUT2D eigenvalue weighted by molar-refractivity contribution is 0.00677. The number of hydrogen-bond donors (Lipinski definition) is 2. The van der Waals surface area contributed by atoms with Crippen LogP contribution in [0.5, 0.6) is 0 Å². The molecule has 0 spiro atoms. The Kier molecular flexibility index (Phi) is 7.26. The molecule has 0 bridgehead atoms. The van der Waals surface area contributed by atoms with Gasteiger partial charge in [-0.1, -0.05) is 5.16 Å². The number of amides is 2. The smallest absolute Gasteiger partial charge is 0.414 e. The van der Waals surface area contributed by atoms with E-state index >= 15 is 0 Å². The number of rotatable bonds is 7. The third kappa shape index (κ3) is 5.63. The first kappa shape index (κ1) is 27.8. The van der Waals surface area contributed by atoms with Crippen LogP contribution in [0.2, 0.25) is 0 Å². The van der Waals surface area contributed by atoms with Gasteiger partial charge in [0.15, 0.2) is 5.52 Å². The lowest BCUT2D eigenvalue weighted by Gasteiger charge is -2.35. The molecule has 1 aliphatic rings. The number of aromatic nitrogens is 5. The molecule has 0 aromatic carbocycles. The maximum absolute atomic E-state index is 13.3. The summed E-state index contributed by atoms with van der Waals surface area (Å²) in [5.41, 5.74) is 0.212. The summed E-state index contributed by atoms with van der Waals surface area (Å²) in [5.74, 6) is -0.474. The van der Waals surface area contributed by atoms with Crippen molar-refractivity contribution in [2.24, 2.45) is 7.05 Å². The van der Waals surface area contributed by atoms with E-state index in [1.807, 2.05) is 0 Å². The molecule has 4 heterocycles. The zero-order chi connectivity index (χ0) is 29.5. The molecular weight excluding hydrogens is 532 g/mol. The molecule has 4 aromatic heterocycles. The van der Waals surface area contributed by atoms with Crippen molar-refractivity contribution in [3.63, 3.8) is 0 Å². The number of carbonyl (C=O) groups excluding carboxylic acids is 2. The molecule has 0 aliphatic heterocycles. The monoisotopic (exact) mass is 564 g/mol. The van der Waals surface area contributed by atoms with Crippen LogP contribution in [0, 0.1) is 0 Å². The summed E-state index contributed by atoms with van der Waals surface area (Å²) >= 11 is 0. The first-order valence-corrected chi connectivity index (χ1v) is 13.0. The molecule has 1 saturated carbocycles. The second-order valence-corrected chi connectivity index (χ2v) is 10.8. The maximum Gasteiger partial charge on any atom is 0.414 e. The largest absolute Gasteiger partial charge is 0.443 e. The number of hydrogen-bond acceptors (Lipinski definition) is 10. The highest BCUT2D eigenvalue weighted by molar-refractivity contribution is 6.07. The van der Waals surface area contributed by atoms with Crippen LogP contribution in [0.4, 0.5) is 22.0 Å². The number of pyridine rings is 2. The summed E-state index contributed by atoms with van der Waals surface area (Å²) in [7, 11) is 4.86. The molecule has 5 rings (SSSR count). The molecule has 216 valence electrons. The number of nitrogens with zero attached hydrogens (tertiary/aromatic N) is 6. The predicted octanol–water partition coefficient (Wildman–Crippen LogP) is 3.13. The predicted molar refractivity (Wildman–Crippen MR) is 150 cm³/mol. The summed E-state index contributed by atoms with van der Waals surface area (Å²) in [6, 6.07) is 4.66. The molecule has 0 unspecified atom stereocenters. The van der Waals surface area contributed by atoms with Crippen LogP contribution in [-0.2, 0) is 16.5 Å². The van der Waals surface area contributed by atoms with Crippen LogP contribution < -0.4 is 21.1 Å². The first-order valence-electron chi connectivity index (χ1n) is 13.0. The van der Waals surface area contributed by atoms with E-state index in [0.717, 1.165) is 12.8 Å². The van der Waals surface area contributed by atoms with E-state index in [1.54, 1.807) is 70.3 Å². The van der Waals surface area contributed by atoms with Crippen molar-refractivity contribution in [2.75, 3.05) is 24.4 Å². The number of ether oxygens (including phenoxy) is 2. The zero-order valence-corrected chi connectivity index (χ0v) is 23.7. The van der Waals surface area contributed by atoms with E-state index < -0.39 is 17.6 Å². The summed E-state index contributed by atoms with van der Waals surface area (Å²) in [5, 5.41) is 14.1. The molecule has 14 nitrogen and oxygen atoms in total. The first-order chi connectivity index (χ1) is 19.4. The number of anilines is 3. The fraction of sp³-hybridized carbons (Fsp3) is 0.407. The van der Waals surface area contributed by atoms with E-state index in [0.29, 0.717) is 5.69 Å². The second kappa shape index (κ2) is 10.7. The fourth-order valence-electron chi connectivity index (χ4n) is 4.42. The molecule has 2 atom stereocenters. The Hall–Kier alpha value is -4.72. The number of aryl methyl sites for hydroxylation is 1. The summed E-state index contributed by atoms with van der Waals surface area (Å²) in [6.07, 6.45) is 5.76. The van der Waals surface area contributed by atoms with E-state index in [4.69, 9.17) is 14.0 Å². The van der Waals surface area contributed by atoms with Gasteiger partial charge in [-0.3, -0.25) is 23.7 Å². The minimum Gasteiger partial charge on any atom is -0.443 e. The number of nitrogens with one attached hydrogen (secondary N) is 2. The third-order valence-electron chi connectivity index (χ3n) is 6.66. The molecule has 4 aromatic rings. The Morgan fingerprint density at radius 3 is 2.63 bits per heavy atom. The zero-order valence-electron chi connectivity index (χ0n) is 23.7. The highest BCUT2D eigenvalue weighted by Gasteiger charge is 2.34. The molecule has 2 amide bonds. The van der Waals surface area contributed by atoms with Gasteiger partial charge < -0.3 is 24.6 Å². The summed E-state index contributed by atoms with van der Waals surface area (Å²) < 4.78 is 19.4. The van der Waals surface area contributed by atoms with Gasteiger partial charge >= 0.3 is 6.09 Å². The minimum absolute atomic E-state index is 0.0905. The number of carbonyl (C=O) groups is 2. The van der Waals surface area contributed by atoms with Gasteiger partial charge in [0, 0.05) is 39.7 Å². The lowest BCUT2D eigenvalue weighted by atomic mass is 9.89. The molecule has 41 heavy (non-hydrogen) atoms. The van der Waals surface area contributed by atoms with Crippen LogP contribution in [0.3, 0.4) is 0 Å². The van der Waals surface area contributed by atoms with Crippen molar-refractivity contribution in [3.8, 4) is 5.69 Å². The van der Waals surface area contributed by atoms with Crippen LogP contribution in [0.1, 0.15) is 44.2 Å². The molecule has 1 fully saturated rings. The van der Waals surface area contributed by atoms with E-state index in [9.17, 15) is 14.4 Å². The molecule has 2 N–H and O–H groups in total. The Morgan fingerprint density at radius 2 is 2.00 bits per heavy atom. The van der Waals surface area contributed by atoms with E-state index in [1.165, 1.54) is 22.6 Å². The standard InChI is InChI=1S/C27H32N8O6/c1-27(2,3)40-26(38)34(5)18-12-20(29-17-8-7-11-35(25(17)37)15-13-28-33(4)14-15)31-22-21(18)32-41-23(22)24(36)30-16-9-10-19(16)39-6/h7-8,11-14,16,19H,9-10H2,1-6H3,(H,29,31)(H,30,36)/t16-,19-/m1/s1. The molecule has 1 aliphatic carbocycles. The van der Waals surface area contributed by atoms with Crippen LogP contribution in [-0.4, -0.2) is 68.4 Å². The third-order valence-corrected chi connectivity index (χ3v) is 6.66. The van der Waals surface area contributed by atoms with Gasteiger partial charge in [-0.2, -0.15) is 5.10 Å². The molecular formula is C27H32N8O6. The topological polar surface area (TPSA) is 159 Å². The van der Waals surface area contributed by atoms with Crippen LogP contribution >= 0.6 is 0 Å². The quantitative estimate of drug-likeness (QED) is 0.341. The van der Waals surface area contributed by atoms with Crippen molar-refractivity contribution >= 4 is 40.2 Å². The highest BCUT2D eigenvalue weighted by atomic mass is 16.6. The van der Waals surface area contributed by atoms with Crippen molar-refractivity contribution in [2.45, 2.75) is 51.4 Å². The van der Waals surface area contributed by atoms with Gasteiger partial charge in [-0.15, -0.1) is 0 Å². The van der Waals surface area contributed by atoms with Gasteiger partial charge in [0.05, 0.1) is 29.7 Å². The highest BCUT2D eigenvalue weighted by Crippen LogP contribution is 2.32. The number of methoxy groups -OCH3 is 1. The van der Waals surface area contributed by atoms with Crippen LogP contribution in [0.15, 0.2) is 46.1 Å². The van der Waals surface area contributed by atoms with Crippen molar-refractivity contribution in [1.29, 1.82) is 0 Å². The molecule has 14 heteroatoms. The van der Waals surface area contributed by atoms with Crippen molar-refractivity contribution in [3.05, 3.63) is 52.9 Å². The summed E-state index contributed by atoms with van der Waals surface area (Å²) in [4.78, 5) is 45.3. The van der Waals surface area contributed by atoms with Gasteiger partial charge in [0.1, 0.15) is 22.6 Å². The van der Waals surface area contributed by atoms with Gasteiger partial charge in [0.25, 0.3) is 11.5 Å². The lowest BCUT2D eigenvalue weighted by Crippen LogP contribution is -2.51. The Bertz CT molecular complexity index is 1660. The average molecular weight is 565 g/mol. The maximum atomic E-state index is 13.3. The Labute approximate surface area is 235 Å². The van der Waals surface area contributed by atoms with Crippen molar-refractivity contribution < 1.29 is 23.6 Å². The Balaban J connectivity index is 1.55. The van der Waals surface area contributed by atoms with Gasteiger partial charge in [-0.05, 0) is 45.7 Å². The van der Waals surface area contributed by atoms with Gasteiger partial charge in [0.2, 0.25) is 5.76 Å². The fourth-order valence-corrected chi connectivity index (χ4v) is 4.42. The minimum atomic E-state index is -0.754. The second-order valence-electron chi connectivity index (χ2n) is 10.8. The Morgan fingerprint density at radius 1 is 1.22 bits per heavy atom. The van der Waals surface area contributed by atoms with E-state index in [2.05, 4.69) is 25.9 Å². The summed E-state index contributed by atoms with van der Waals surface area (Å²) in [6.45, 7) is 5.26. The average Bonchev–Trinajstić information content (AvgIpc) is 3.52. The molecule has 0 saturated heterocycles. The molecule has 0 radical (unpaired) electrons. The van der Waals surface area contributed by atoms with Crippen LogP contribution in [0.25, 0.3) is 16.7 Å². The van der Waals surface area contributed by atoms with Crippen molar-refractivity contribution in [1.82, 2.24) is 29.8 Å². The SMILES string of the molecule is CO[C@@H]1CC[C@H]1NC(=O)c1onc2c(N(C)C(=O)OC(C)(C)C)cc(Nc3cccn(-c4cnn(C)c4)c3=O)nc12.